The molecular formula is C16H20F3N3O3. The summed E-state index contributed by atoms with van der Waals surface area (Å²) < 4.78 is 39.4. The van der Waals surface area contributed by atoms with Crippen LogP contribution >= 0.6 is 0 Å². The molecule has 6 nitrogen and oxygen atoms in total. The zero-order valence-corrected chi connectivity index (χ0v) is 13.7. The van der Waals surface area contributed by atoms with Crippen LogP contribution in [0.3, 0.4) is 0 Å². The Labute approximate surface area is 143 Å². The van der Waals surface area contributed by atoms with Gasteiger partial charge in [-0.05, 0) is 31.9 Å². The number of nitrogens with zero attached hydrogens (tertiary/aromatic N) is 1. The molecule has 9 heteroatoms. The second-order valence-electron chi connectivity index (χ2n) is 5.93. The van der Waals surface area contributed by atoms with Crippen LogP contribution < -0.4 is 10.6 Å². The maximum atomic E-state index is 13.5. The van der Waals surface area contributed by atoms with Gasteiger partial charge in [0, 0.05) is 13.1 Å². The molecule has 0 radical (unpaired) electrons. The fourth-order valence-corrected chi connectivity index (χ4v) is 2.57. The molecule has 0 spiro atoms. The van der Waals surface area contributed by atoms with Crippen molar-refractivity contribution in [3.8, 4) is 0 Å². The van der Waals surface area contributed by atoms with Crippen LogP contribution in [0.2, 0.25) is 0 Å². The van der Waals surface area contributed by atoms with Gasteiger partial charge in [0.15, 0.2) is 17.5 Å². The second kappa shape index (κ2) is 8.30. The summed E-state index contributed by atoms with van der Waals surface area (Å²) in [5, 5.41) is 13.9. The minimum Gasteiger partial charge on any atom is -0.393 e. The summed E-state index contributed by atoms with van der Waals surface area (Å²) in [7, 11) is 0. The smallest absolute Gasteiger partial charge is 0.243 e. The van der Waals surface area contributed by atoms with E-state index in [1.54, 1.807) is 6.92 Å². The van der Waals surface area contributed by atoms with E-state index in [-0.39, 0.29) is 6.10 Å². The molecule has 1 saturated heterocycles. The van der Waals surface area contributed by atoms with Crippen molar-refractivity contribution in [2.75, 3.05) is 25.0 Å². The van der Waals surface area contributed by atoms with E-state index in [0.717, 1.165) is 6.07 Å². The van der Waals surface area contributed by atoms with Gasteiger partial charge >= 0.3 is 0 Å². The lowest BCUT2D eigenvalue weighted by Gasteiger charge is -2.33. The Kier molecular flexibility index (Phi) is 6.38. The van der Waals surface area contributed by atoms with Crippen molar-refractivity contribution in [2.45, 2.75) is 31.9 Å². The molecule has 0 aromatic heterocycles. The third-order valence-electron chi connectivity index (χ3n) is 4.16. The van der Waals surface area contributed by atoms with Gasteiger partial charge < -0.3 is 15.7 Å². The molecule has 1 fully saturated rings. The number of benzene rings is 1. The Hall–Kier alpha value is -2.13. The van der Waals surface area contributed by atoms with Crippen LogP contribution in [0.5, 0.6) is 0 Å². The van der Waals surface area contributed by atoms with Gasteiger partial charge in [-0.15, -0.1) is 0 Å². The molecule has 138 valence electrons. The molecular weight excluding hydrogens is 339 g/mol. The van der Waals surface area contributed by atoms with Gasteiger partial charge in [0.25, 0.3) is 0 Å². The van der Waals surface area contributed by atoms with Crippen LogP contribution in [0.4, 0.5) is 18.9 Å². The van der Waals surface area contributed by atoms with Gasteiger partial charge in [0.05, 0.1) is 24.4 Å². The molecule has 25 heavy (non-hydrogen) atoms. The number of halogens is 3. The standard InChI is InChI=1S/C16H20F3N3O3/c1-9(22-6-4-10(23)5-7-22)16(25)20-8-13(24)21-12-3-2-11(17)14(18)15(12)19/h2-3,9-10,23H,4-8H2,1H3,(H,20,25)(H,21,24). The van der Waals surface area contributed by atoms with E-state index in [2.05, 4.69) is 10.6 Å². The molecule has 1 atom stereocenters. The molecule has 0 bridgehead atoms. The summed E-state index contributed by atoms with van der Waals surface area (Å²) in [6, 6.07) is 1.11. The van der Waals surface area contributed by atoms with Crippen molar-refractivity contribution < 1.29 is 27.9 Å². The zero-order chi connectivity index (χ0) is 18.6. The fourth-order valence-electron chi connectivity index (χ4n) is 2.57. The van der Waals surface area contributed by atoms with Crippen LogP contribution in [0, 0.1) is 17.5 Å². The summed E-state index contributed by atoms with van der Waals surface area (Å²) in [5.74, 6) is -5.69. The molecule has 1 unspecified atom stereocenters. The Morgan fingerprint density at radius 3 is 2.52 bits per heavy atom. The summed E-state index contributed by atoms with van der Waals surface area (Å²) in [4.78, 5) is 25.7. The molecule has 1 aliphatic heterocycles. The van der Waals surface area contributed by atoms with Crippen molar-refractivity contribution in [3.63, 3.8) is 0 Å². The third kappa shape index (κ3) is 4.93. The number of likely N-dealkylation sites (tertiary alicyclic amines) is 1. The highest BCUT2D eigenvalue weighted by molar-refractivity contribution is 5.95. The maximum absolute atomic E-state index is 13.5. The highest BCUT2D eigenvalue weighted by atomic mass is 19.2. The minimum absolute atomic E-state index is 0.358. The number of hydrogen-bond donors (Lipinski definition) is 3. The van der Waals surface area contributed by atoms with Crippen LogP contribution in [0.1, 0.15) is 19.8 Å². The number of piperidine rings is 1. The van der Waals surface area contributed by atoms with Gasteiger partial charge in [0.2, 0.25) is 11.8 Å². The fraction of sp³-hybridized carbons (Fsp3) is 0.500. The Bertz CT molecular complexity index is 649. The normalized spacial score (nSPS) is 17.2. The SMILES string of the molecule is CC(C(=O)NCC(=O)Nc1ccc(F)c(F)c1F)N1CCC(O)CC1. The van der Waals surface area contributed by atoms with E-state index in [9.17, 15) is 27.9 Å². The lowest BCUT2D eigenvalue weighted by Crippen LogP contribution is -2.50. The number of rotatable bonds is 5. The largest absolute Gasteiger partial charge is 0.393 e. The third-order valence-corrected chi connectivity index (χ3v) is 4.16. The zero-order valence-electron chi connectivity index (χ0n) is 13.7. The first kappa shape index (κ1) is 19.2. The van der Waals surface area contributed by atoms with Gasteiger partial charge in [-0.1, -0.05) is 0 Å². The first-order valence-corrected chi connectivity index (χ1v) is 7.92. The number of carbonyl (C=O) groups is 2. The number of aliphatic hydroxyl groups is 1. The summed E-state index contributed by atoms with van der Waals surface area (Å²) >= 11 is 0. The monoisotopic (exact) mass is 359 g/mol. The number of carbonyl (C=O) groups excluding carboxylic acids is 2. The molecule has 0 aliphatic carbocycles. The summed E-state index contributed by atoms with van der Waals surface area (Å²) in [6.45, 7) is 2.39. The number of nitrogens with one attached hydrogen (secondary N) is 2. The van der Waals surface area contributed by atoms with Crippen molar-refractivity contribution >= 4 is 17.5 Å². The molecule has 2 rings (SSSR count). The van der Waals surface area contributed by atoms with Gasteiger partial charge in [0.1, 0.15) is 0 Å². The van der Waals surface area contributed by atoms with Crippen molar-refractivity contribution in [3.05, 3.63) is 29.6 Å². The predicted molar refractivity (Wildman–Crippen MR) is 84.2 cm³/mol. The number of amides is 2. The van der Waals surface area contributed by atoms with E-state index in [0.29, 0.717) is 32.0 Å². The van der Waals surface area contributed by atoms with Crippen molar-refractivity contribution in [1.29, 1.82) is 0 Å². The quantitative estimate of drug-likeness (QED) is 0.686. The lowest BCUT2D eigenvalue weighted by atomic mass is 10.1. The molecule has 1 heterocycles. The average molecular weight is 359 g/mol. The molecule has 1 aromatic carbocycles. The molecule has 1 aromatic rings. The lowest BCUT2D eigenvalue weighted by molar-refractivity contribution is -0.128. The summed E-state index contributed by atoms with van der Waals surface area (Å²) in [5.41, 5.74) is -0.504. The number of aliphatic hydroxyl groups excluding tert-OH is 1. The average Bonchev–Trinajstić information content (AvgIpc) is 2.60. The van der Waals surface area contributed by atoms with Crippen LogP contribution in [-0.2, 0) is 9.59 Å². The van der Waals surface area contributed by atoms with Crippen LogP contribution in [0.15, 0.2) is 12.1 Å². The van der Waals surface area contributed by atoms with E-state index in [4.69, 9.17) is 0 Å². The first-order valence-electron chi connectivity index (χ1n) is 7.92. The molecule has 0 saturated carbocycles. The Morgan fingerprint density at radius 2 is 1.88 bits per heavy atom. The highest BCUT2D eigenvalue weighted by Crippen LogP contribution is 2.19. The Balaban J connectivity index is 1.83. The van der Waals surface area contributed by atoms with Gasteiger partial charge in [-0.3, -0.25) is 14.5 Å². The van der Waals surface area contributed by atoms with Crippen LogP contribution in [-0.4, -0.2) is 53.6 Å². The van der Waals surface area contributed by atoms with Gasteiger partial charge in [-0.2, -0.15) is 0 Å². The number of hydrogen-bond acceptors (Lipinski definition) is 4. The molecule has 2 amide bonds. The van der Waals surface area contributed by atoms with Crippen molar-refractivity contribution in [2.24, 2.45) is 0 Å². The topological polar surface area (TPSA) is 81.7 Å². The van der Waals surface area contributed by atoms with E-state index in [1.165, 1.54) is 0 Å². The van der Waals surface area contributed by atoms with E-state index < -0.39 is 47.5 Å². The second-order valence-corrected chi connectivity index (χ2v) is 5.93. The predicted octanol–water partition coefficient (Wildman–Crippen LogP) is 1.00. The maximum Gasteiger partial charge on any atom is 0.243 e. The van der Waals surface area contributed by atoms with Gasteiger partial charge in [-0.25, -0.2) is 13.2 Å². The summed E-state index contributed by atoms with van der Waals surface area (Å²) in [6.07, 6.45) is 0.796. The number of anilines is 1. The molecule has 1 aliphatic rings. The van der Waals surface area contributed by atoms with E-state index in [1.807, 2.05) is 4.90 Å². The minimum atomic E-state index is -1.68. The highest BCUT2D eigenvalue weighted by Gasteiger charge is 2.26. The van der Waals surface area contributed by atoms with Crippen LogP contribution in [0.25, 0.3) is 0 Å². The Morgan fingerprint density at radius 1 is 1.24 bits per heavy atom. The van der Waals surface area contributed by atoms with E-state index >= 15 is 0 Å². The molecule has 3 N–H and O–H groups in total. The van der Waals surface area contributed by atoms with Crippen molar-refractivity contribution in [1.82, 2.24) is 10.2 Å². The first-order chi connectivity index (χ1) is 11.8.